The van der Waals surface area contributed by atoms with Gasteiger partial charge < -0.3 is 30.3 Å². The molecule has 0 amide bonds. The molecule has 0 aliphatic carbocycles. The molecule has 2 aromatic rings. The zero-order valence-corrected chi connectivity index (χ0v) is 12.1. The summed E-state index contributed by atoms with van der Waals surface area (Å²) in [4.78, 5) is 0. The van der Waals surface area contributed by atoms with E-state index in [1.165, 1.54) is 30.3 Å². The van der Waals surface area contributed by atoms with Crippen molar-refractivity contribution in [2.45, 2.75) is 18.6 Å². The largest absolute Gasteiger partial charge is 0.507 e. The summed E-state index contributed by atoms with van der Waals surface area (Å²) < 4.78 is 5.77. The van der Waals surface area contributed by atoms with Crippen LogP contribution in [0.1, 0.15) is 22.8 Å². The van der Waals surface area contributed by atoms with Crippen LogP contribution in [0.4, 0.5) is 0 Å². The third-order valence-electron chi connectivity index (χ3n) is 3.92. The average Bonchev–Trinajstić information content (AvgIpc) is 2.51. The fourth-order valence-electron chi connectivity index (χ4n) is 2.75. The summed E-state index contributed by atoms with van der Waals surface area (Å²) in [6.45, 7) is 3.61. The molecule has 2 atom stereocenters. The van der Waals surface area contributed by atoms with Crippen LogP contribution < -0.4 is 4.74 Å². The van der Waals surface area contributed by atoms with E-state index in [9.17, 15) is 25.5 Å². The number of hydrogen-bond acceptors (Lipinski definition) is 6. The number of rotatable bonds is 2. The molecule has 23 heavy (non-hydrogen) atoms. The van der Waals surface area contributed by atoms with Gasteiger partial charge >= 0.3 is 0 Å². The minimum atomic E-state index is -0.973. The summed E-state index contributed by atoms with van der Waals surface area (Å²) in [7, 11) is 0. The molecule has 6 nitrogen and oxygen atoms in total. The Hall–Kier alpha value is -2.86. The number of aliphatic hydroxyl groups excluding tert-OH is 1. The molecule has 6 heteroatoms. The van der Waals surface area contributed by atoms with Crippen LogP contribution in [0, 0.1) is 0 Å². The summed E-state index contributed by atoms with van der Waals surface area (Å²) in [5.41, 5.74) is 1.15. The molecule has 1 aliphatic heterocycles. The second-order valence-corrected chi connectivity index (χ2v) is 5.40. The van der Waals surface area contributed by atoms with Gasteiger partial charge in [0.05, 0.1) is 11.7 Å². The third-order valence-corrected chi connectivity index (χ3v) is 3.92. The first-order valence-electron chi connectivity index (χ1n) is 6.99. The molecule has 0 radical (unpaired) electrons. The summed E-state index contributed by atoms with van der Waals surface area (Å²) in [5, 5.41) is 49.2. The smallest absolute Gasteiger partial charge is 0.157 e. The quantitative estimate of drug-likeness (QED) is 0.543. The van der Waals surface area contributed by atoms with E-state index in [2.05, 4.69) is 6.58 Å². The van der Waals surface area contributed by atoms with Gasteiger partial charge in [-0.05, 0) is 17.7 Å². The summed E-state index contributed by atoms with van der Waals surface area (Å²) in [6.07, 6.45) is -0.293. The van der Waals surface area contributed by atoms with E-state index in [0.717, 1.165) is 0 Å². The maximum Gasteiger partial charge on any atom is 0.157 e. The highest BCUT2D eigenvalue weighted by Gasteiger charge is 2.34. The van der Waals surface area contributed by atoms with Gasteiger partial charge in [0, 0.05) is 18.1 Å². The molecule has 0 saturated carbocycles. The number of ether oxygens (including phenoxy) is 1. The second kappa shape index (κ2) is 5.40. The van der Waals surface area contributed by atoms with Crippen molar-refractivity contribution in [1.29, 1.82) is 0 Å². The summed E-state index contributed by atoms with van der Waals surface area (Å²) in [6, 6.07) is 5.29. The van der Waals surface area contributed by atoms with Gasteiger partial charge in [0.2, 0.25) is 0 Å². The molecular formula is C17H16O6. The monoisotopic (exact) mass is 316 g/mol. The fourth-order valence-corrected chi connectivity index (χ4v) is 2.75. The minimum Gasteiger partial charge on any atom is -0.507 e. The Labute approximate surface area is 132 Å². The van der Waals surface area contributed by atoms with Crippen molar-refractivity contribution in [2.75, 3.05) is 0 Å². The van der Waals surface area contributed by atoms with Crippen LogP contribution in [-0.4, -0.2) is 31.6 Å². The zero-order valence-electron chi connectivity index (χ0n) is 12.1. The van der Waals surface area contributed by atoms with Crippen molar-refractivity contribution >= 4 is 6.08 Å². The Balaban J connectivity index is 2.09. The van der Waals surface area contributed by atoms with Crippen LogP contribution in [0.25, 0.3) is 6.08 Å². The number of fused-ring (bicyclic) bond motifs is 1. The number of phenolic OH excluding ortho intramolecular Hbond substituents is 4. The van der Waals surface area contributed by atoms with Gasteiger partial charge in [-0.25, -0.2) is 0 Å². The Morgan fingerprint density at radius 1 is 1.00 bits per heavy atom. The first kappa shape index (κ1) is 15.1. The van der Waals surface area contributed by atoms with E-state index in [0.29, 0.717) is 16.7 Å². The molecule has 0 saturated heterocycles. The molecule has 0 spiro atoms. The van der Waals surface area contributed by atoms with Crippen molar-refractivity contribution in [3.05, 3.63) is 47.5 Å². The molecular weight excluding hydrogens is 300 g/mol. The number of phenols is 4. The van der Waals surface area contributed by atoms with Gasteiger partial charge in [-0.2, -0.15) is 0 Å². The number of aromatic hydroxyl groups is 4. The lowest BCUT2D eigenvalue weighted by molar-refractivity contribution is 0.0195. The maximum absolute atomic E-state index is 10.3. The Morgan fingerprint density at radius 2 is 1.74 bits per heavy atom. The van der Waals surface area contributed by atoms with Gasteiger partial charge in [0.25, 0.3) is 0 Å². The van der Waals surface area contributed by atoms with Crippen molar-refractivity contribution in [3.63, 3.8) is 0 Å². The van der Waals surface area contributed by atoms with Crippen molar-refractivity contribution in [3.8, 4) is 28.7 Å². The van der Waals surface area contributed by atoms with Crippen LogP contribution in [0.5, 0.6) is 28.7 Å². The first-order valence-corrected chi connectivity index (χ1v) is 6.99. The van der Waals surface area contributed by atoms with Crippen molar-refractivity contribution in [2.24, 2.45) is 0 Å². The van der Waals surface area contributed by atoms with E-state index in [-0.39, 0.29) is 35.2 Å². The van der Waals surface area contributed by atoms with Crippen LogP contribution in [-0.2, 0) is 6.42 Å². The van der Waals surface area contributed by atoms with Crippen LogP contribution >= 0.6 is 0 Å². The molecule has 2 aromatic carbocycles. The van der Waals surface area contributed by atoms with Gasteiger partial charge in [0.1, 0.15) is 23.4 Å². The number of aliphatic hydroxyl groups is 1. The summed E-state index contributed by atoms with van der Waals surface area (Å²) >= 11 is 0. The first-order chi connectivity index (χ1) is 10.9. The predicted octanol–water partition coefficient (Wildman–Crippen LogP) is 2.19. The standard InChI is InChI=1S/C17H16O6/c1-2-9-12(19)7-13(20)10-6-15(22)16(23-17(9)10)8-3-4-11(18)14(21)5-8/h2-5,7,15-16,18-22H,1,6H2/t15-,16?/m1/s1. The lowest BCUT2D eigenvalue weighted by Crippen LogP contribution is -2.30. The Kier molecular flexibility index (Phi) is 3.54. The van der Waals surface area contributed by atoms with Gasteiger partial charge in [0.15, 0.2) is 11.5 Å². The SMILES string of the molecule is C=Cc1c(O)cc(O)c2c1OC(c1ccc(O)c(O)c1)[C@H](O)C2. The maximum atomic E-state index is 10.3. The third kappa shape index (κ3) is 2.43. The number of benzene rings is 2. The average molecular weight is 316 g/mol. The summed E-state index contributed by atoms with van der Waals surface area (Å²) in [5.74, 6) is -0.720. The van der Waals surface area contributed by atoms with Crippen molar-refractivity contribution in [1.82, 2.24) is 0 Å². The van der Waals surface area contributed by atoms with Gasteiger partial charge in [-0.3, -0.25) is 0 Å². The molecule has 3 rings (SSSR count). The van der Waals surface area contributed by atoms with Crippen LogP contribution in [0.3, 0.4) is 0 Å². The molecule has 0 fully saturated rings. The predicted molar refractivity (Wildman–Crippen MR) is 82.7 cm³/mol. The van der Waals surface area contributed by atoms with Gasteiger partial charge in [-0.15, -0.1) is 0 Å². The van der Waals surface area contributed by atoms with Crippen LogP contribution in [0.2, 0.25) is 0 Å². The molecule has 1 unspecified atom stereocenters. The topological polar surface area (TPSA) is 110 Å². The molecule has 120 valence electrons. The highest BCUT2D eigenvalue weighted by Crippen LogP contribution is 2.46. The van der Waals surface area contributed by atoms with E-state index < -0.39 is 12.2 Å². The fraction of sp³-hybridized carbons (Fsp3) is 0.176. The zero-order chi connectivity index (χ0) is 16.7. The highest BCUT2D eigenvalue weighted by molar-refractivity contribution is 5.69. The van der Waals surface area contributed by atoms with E-state index in [4.69, 9.17) is 4.74 Å². The van der Waals surface area contributed by atoms with E-state index >= 15 is 0 Å². The molecule has 5 N–H and O–H groups in total. The van der Waals surface area contributed by atoms with Crippen molar-refractivity contribution < 1.29 is 30.3 Å². The molecule has 1 aliphatic rings. The highest BCUT2D eigenvalue weighted by atomic mass is 16.5. The Bertz CT molecular complexity index is 783. The lowest BCUT2D eigenvalue weighted by Gasteiger charge is -2.32. The van der Waals surface area contributed by atoms with Gasteiger partial charge in [-0.1, -0.05) is 18.7 Å². The second-order valence-electron chi connectivity index (χ2n) is 5.40. The molecule has 0 aromatic heterocycles. The van der Waals surface area contributed by atoms with Crippen LogP contribution in [0.15, 0.2) is 30.8 Å². The lowest BCUT2D eigenvalue weighted by atomic mass is 9.92. The molecule has 0 bridgehead atoms. The normalized spacial score (nSPS) is 19.7. The molecule has 1 heterocycles. The Morgan fingerprint density at radius 3 is 2.39 bits per heavy atom. The number of hydrogen-bond donors (Lipinski definition) is 5. The minimum absolute atomic E-state index is 0.106. The van der Waals surface area contributed by atoms with E-state index in [1.54, 1.807) is 0 Å². The van der Waals surface area contributed by atoms with E-state index in [1.807, 2.05) is 0 Å².